The lowest BCUT2D eigenvalue weighted by Gasteiger charge is -2.17. The van der Waals surface area contributed by atoms with Crippen LogP contribution in [0.5, 0.6) is 34.5 Å². The fourth-order valence-electron chi connectivity index (χ4n) is 6.05. The van der Waals surface area contributed by atoms with Crippen LogP contribution in [0.15, 0.2) is 36.4 Å². The Balaban J connectivity index is 1.72. The van der Waals surface area contributed by atoms with Gasteiger partial charge in [0, 0.05) is 0 Å². The fraction of sp³-hybridized carbons (Fsp3) is 0.538. The second-order valence-corrected chi connectivity index (χ2v) is 12.4. The highest BCUT2D eigenvalue weighted by Gasteiger charge is 2.18. The molecule has 4 rings (SSSR count). The summed E-state index contributed by atoms with van der Waals surface area (Å²) in [6, 6.07) is 10.8. The molecule has 0 heterocycles. The number of hydrogen-bond donors (Lipinski definition) is 3. The van der Waals surface area contributed by atoms with Crippen molar-refractivity contribution in [3.63, 3.8) is 0 Å². The van der Waals surface area contributed by atoms with Gasteiger partial charge in [0.2, 0.25) is 0 Å². The average Bonchev–Trinajstić information content (AvgIpc) is 3.03. The van der Waals surface area contributed by atoms with Crippen molar-refractivity contribution in [2.24, 2.45) is 0 Å². The van der Waals surface area contributed by atoms with Gasteiger partial charge in [-0.05, 0) is 88.0 Å². The van der Waals surface area contributed by atoms with Gasteiger partial charge in [-0.2, -0.15) is 0 Å². The predicted molar refractivity (Wildman–Crippen MR) is 187 cm³/mol. The number of hydrogen-bond acceptors (Lipinski definition) is 6. The number of aromatic hydroxyl groups is 3. The predicted octanol–water partition coefficient (Wildman–Crippen LogP) is 11.3. The van der Waals surface area contributed by atoms with Crippen molar-refractivity contribution in [1.29, 1.82) is 0 Å². The molecule has 0 saturated carbocycles. The standard InChI is InChI=1S/C39H54O6/c1-4-7-10-13-16-19-43-37-25-31-28(22-34(37)40)29-23-35(41)38(44-20-17-14-11-8-5-2)26-32(29)33-27-39(36(42)24-30(31)33)45-21-18-15-12-9-6-3/h22-27,40-42H,4-21H2,1-3H3. The van der Waals surface area contributed by atoms with Gasteiger partial charge in [0.05, 0.1) is 19.8 Å². The monoisotopic (exact) mass is 618 g/mol. The maximum Gasteiger partial charge on any atom is 0.161 e. The van der Waals surface area contributed by atoms with Crippen molar-refractivity contribution in [1.82, 2.24) is 0 Å². The van der Waals surface area contributed by atoms with E-state index in [0.717, 1.165) is 70.8 Å². The van der Waals surface area contributed by atoms with Crippen LogP contribution in [-0.2, 0) is 0 Å². The van der Waals surface area contributed by atoms with Crippen molar-refractivity contribution in [2.45, 2.75) is 117 Å². The molecule has 6 nitrogen and oxygen atoms in total. The third-order valence-electron chi connectivity index (χ3n) is 8.68. The van der Waals surface area contributed by atoms with E-state index in [0.29, 0.717) is 37.1 Å². The highest BCUT2D eigenvalue weighted by atomic mass is 16.5. The average molecular weight is 619 g/mol. The van der Waals surface area contributed by atoms with Crippen LogP contribution < -0.4 is 14.2 Å². The van der Waals surface area contributed by atoms with Crippen LogP contribution >= 0.6 is 0 Å². The van der Waals surface area contributed by atoms with E-state index in [2.05, 4.69) is 20.8 Å². The van der Waals surface area contributed by atoms with E-state index in [1.54, 1.807) is 18.2 Å². The minimum Gasteiger partial charge on any atom is -0.504 e. The Morgan fingerprint density at radius 1 is 0.356 bits per heavy atom. The molecule has 0 amide bonds. The van der Waals surface area contributed by atoms with Gasteiger partial charge in [0.1, 0.15) is 0 Å². The molecule has 0 aromatic heterocycles. The van der Waals surface area contributed by atoms with Crippen LogP contribution in [0.25, 0.3) is 32.3 Å². The third kappa shape index (κ3) is 9.24. The summed E-state index contributed by atoms with van der Waals surface area (Å²) in [5.41, 5.74) is 0. The molecule has 0 aliphatic rings. The van der Waals surface area contributed by atoms with Gasteiger partial charge in [-0.25, -0.2) is 0 Å². The topological polar surface area (TPSA) is 88.4 Å². The van der Waals surface area contributed by atoms with Gasteiger partial charge < -0.3 is 29.5 Å². The quantitative estimate of drug-likeness (QED) is 0.0636. The van der Waals surface area contributed by atoms with Crippen molar-refractivity contribution in [2.75, 3.05) is 19.8 Å². The van der Waals surface area contributed by atoms with Gasteiger partial charge in [-0.15, -0.1) is 0 Å². The smallest absolute Gasteiger partial charge is 0.161 e. The van der Waals surface area contributed by atoms with Gasteiger partial charge in [-0.1, -0.05) is 97.8 Å². The van der Waals surface area contributed by atoms with Crippen molar-refractivity contribution >= 4 is 32.3 Å². The van der Waals surface area contributed by atoms with Crippen molar-refractivity contribution < 1.29 is 29.5 Å². The van der Waals surface area contributed by atoms with E-state index in [-0.39, 0.29) is 17.2 Å². The molecule has 0 fully saturated rings. The Bertz CT molecular complexity index is 1510. The zero-order valence-corrected chi connectivity index (χ0v) is 27.8. The van der Waals surface area contributed by atoms with Crippen molar-refractivity contribution in [3.05, 3.63) is 36.4 Å². The lowest BCUT2D eigenvalue weighted by atomic mass is 9.93. The van der Waals surface area contributed by atoms with Gasteiger partial charge in [0.15, 0.2) is 34.5 Å². The normalized spacial score (nSPS) is 11.5. The number of unbranched alkanes of at least 4 members (excludes halogenated alkanes) is 12. The molecule has 4 aromatic carbocycles. The fourth-order valence-corrected chi connectivity index (χ4v) is 6.05. The SMILES string of the molecule is CCCCCCCOc1cc2c(cc1O)c1cc(O)c(OCCCCCCC)cc1c1cc(OCCCCCCC)c(O)cc21. The first-order valence-corrected chi connectivity index (χ1v) is 17.5. The van der Waals surface area contributed by atoms with Crippen LogP contribution in [0, 0.1) is 0 Å². The van der Waals surface area contributed by atoms with Gasteiger partial charge >= 0.3 is 0 Å². The second-order valence-electron chi connectivity index (χ2n) is 12.4. The summed E-state index contributed by atoms with van der Waals surface area (Å²) in [4.78, 5) is 0. The molecule has 0 aliphatic heterocycles. The largest absolute Gasteiger partial charge is 0.504 e. The number of benzene rings is 4. The molecule has 45 heavy (non-hydrogen) atoms. The van der Waals surface area contributed by atoms with E-state index in [1.165, 1.54) is 57.8 Å². The van der Waals surface area contributed by atoms with E-state index in [4.69, 9.17) is 14.2 Å². The second kappa shape index (κ2) is 17.8. The Kier molecular flexibility index (Phi) is 13.6. The zero-order valence-electron chi connectivity index (χ0n) is 27.8. The summed E-state index contributed by atoms with van der Waals surface area (Å²) >= 11 is 0. The molecule has 0 unspecified atom stereocenters. The lowest BCUT2D eigenvalue weighted by molar-refractivity contribution is 0.289. The molecule has 3 N–H and O–H groups in total. The van der Waals surface area contributed by atoms with Gasteiger partial charge in [-0.3, -0.25) is 0 Å². The molecule has 0 atom stereocenters. The number of fused-ring (bicyclic) bond motifs is 6. The summed E-state index contributed by atoms with van der Waals surface area (Å²) in [6.45, 7) is 8.18. The van der Waals surface area contributed by atoms with Crippen LogP contribution in [0.3, 0.4) is 0 Å². The molecular weight excluding hydrogens is 564 g/mol. The van der Waals surface area contributed by atoms with Gasteiger partial charge in [0.25, 0.3) is 0 Å². The Morgan fingerprint density at radius 3 is 0.867 bits per heavy atom. The summed E-state index contributed by atoms with van der Waals surface area (Å²) in [7, 11) is 0. The van der Waals surface area contributed by atoms with Crippen LogP contribution in [0.4, 0.5) is 0 Å². The molecule has 0 aliphatic carbocycles. The van der Waals surface area contributed by atoms with E-state index in [9.17, 15) is 15.3 Å². The molecule has 0 spiro atoms. The molecule has 0 radical (unpaired) electrons. The van der Waals surface area contributed by atoms with Crippen molar-refractivity contribution in [3.8, 4) is 34.5 Å². The number of phenols is 3. The van der Waals surface area contributed by atoms with Crippen LogP contribution in [-0.4, -0.2) is 35.1 Å². The molecule has 246 valence electrons. The Hall–Kier alpha value is -3.54. The summed E-state index contributed by atoms with van der Waals surface area (Å²) in [5.74, 6) is 1.47. The summed E-state index contributed by atoms with van der Waals surface area (Å²) < 4.78 is 18.2. The number of phenolic OH excluding ortho intramolecular Hbond substituents is 3. The summed E-state index contributed by atoms with van der Waals surface area (Å²) in [6.07, 6.45) is 16.8. The molecular formula is C39H54O6. The van der Waals surface area contributed by atoms with E-state index < -0.39 is 0 Å². The lowest BCUT2D eigenvalue weighted by Crippen LogP contribution is -1.99. The van der Waals surface area contributed by atoms with E-state index >= 15 is 0 Å². The first-order chi connectivity index (χ1) is 22.0. The zero-order chi connectivity index (χ0) is 32.0. The maximum absolute atomic E-state index is 11.1. The maximum atomic E-state index is 11.1. The third-order valence-corrected chi connectivity index (χ3v) is 8.68. The molecule has 4 aromatic rings. The minimum atomic E-state index is 0.0517. The Morgan fingerprint density at radius 2 is 0.600 bits per heavy atom. The molecule has 6 heteroatoms. The van der Waals surface area contributed by atoms with Crippen LogP contribution in [0.2, 0.25) is 0 Å². The number of ether oxygens (including phenoxy) is 3. The number of rotatable bonds is 21. The molecule has 0 saturated heterocycles. The van der Waals surface area contributed by atoms with E-state index in [1.807, 2.05) is 18.2 Å². The minimum absolute atomic E-state index is 0.0517. The highest BCUT2D eigenvalue weighted by molar-refractivity contribution is 6.26. The first-order valence-electron chi connectivity index (χ1n) is 17.5. The first kappa shape index (κ1) is 34.3. The summed E-state index contributed by atoms with van der Waals surface area (Å²) in [5, 5.41) is 38.0. The Labute approximate surface area is 269 Å². The highest BCUT2D eigenvalue weighted by Crippen LogP contribution is 2.46. The van der Waals surface area contributed by atoms with Crippen LogP contribution in [0.1, 0.15) is 117 Å². The molecule has 0 bridgehead atoms.